The maximum absolute atomic E-state index is 13.8. The molecule has 0 heterocycles. The highest BCUT2D eigenvalue weighted by atomic mass is 79.9. The summed E-state index contributed by atoms with van der Waals surface area (Å²) in [4.78, 5) is 0. The van der Waals surface area contributed by atoms with Crippen LogP contribution in [0.5, 0.6) is 5.75 Å². The van der Waals surface area contributed by atoms with E-state index in [0.29, 0.717) is 11.4 Å². The summed E-state index contributed by atoms with van der Waals surface area (Å²) in [5, 5.41) is 3.20. The Bertz CT molecular complexity index is 659. The van der Waals surface area contributed by atoms with Gasteiger partial charge in [0.15, 0.2) is 11.6 Å². The van der Waals surface area contributed by atoms with Crippen LogP contribution in [0.4, 0.5) is 21.5 Å². The Morgan fingerprint density at radius 1 is 1.19 bits per heavy atom. The SMILES string of the molecule is Cc1ccc(Br)c(Nc2cc(OC(C)C)c(F)cc2N)c1. The fourth-order valence-electron chi connectivity index (χ4n) is 1.90. The van der Waals surface area contributed by atoms with Crippen molar-refractivity contribution in [3.05, 3.63) is 46.2 Å². The van der Waals surface area contributed by atoms with E-state index in [1.54, 1.807) is 6.07 Å². The number of ether oxygens (including phenoxy) is 1. The molecule has 21 heavy (non-hydrogen) atoms. The van der Waals surface area contributed by atoms with Crippen LogP contribution < -0.4 is 15.8 Å². The number of halogens is 2. The second-order valence-corrected chi connectivity index (χ2v) is 6.00. The first-order chi connectivity index (χ1) is 9.86. The molecule has 0 spiro atoms. The molecule has 112 valence electrons. The Kier molecular flexibility index (Phi) is 4.73. The largest absolute Gasteiger partial charge is 0.488 e. The summed E-state index contributed by atoms with van der Waals surface area (Å²) < 4.78 is 20.2. The van der Waals surface area contributed by atoms with Crippen LogP contribution in [0.3, 0.4) is 0 Å². The van der Waals surface area contributed by atoms with Crippen molar-refractivity contribution >= 4 is 33.0 Å². The number of rotatable bonds is 4. The molecule has 0 bridgehead atoms. The van der Waals surface area contributed by atoms with Crippen molar-refractivity contribution in [2.24, 2.45) is 0 Å². The minimum Gasteiger partial charge on any atom is -0.488 e. The van der Waals surface area contributed by atoms with Gasteiger partial charge in [-0.1, -0.05) is 6.07 Å². The van der Waals surface area contributed by atoms with E-state index in [9.17, 15) is 4.39 Å². The van der Waals surface area contributed by atoms with Crippen molar-refractivity contribution < 1.29 is 9.13 Å². The Balaban J connectivity index is 2.37. The highest BCUT2D eigenvalue weighted by molar-refractivity contribution is 9.10. The van der Waals surface area contributed by atoms with Gasteiger partial charge in [0.05, 0.1) is 23.2 Å². The number of hydrogen-bond donors (Lipinski definition) is 2. The van der Waals surface area contributed by atoms with Gasteiger partial charge < -0.3 is 15.8 Å². The third-order valence-electron chi connectivity index (χ3n) is 2.86. The van der Waals surface area contributed by atoms with Crippen molar-refractivity contribution in [1.29, 1.82) is 0 Å². The van der Waals surface area contributed by atoms with Gasteiger partial charge in [0.25, 0.3) is 0 Å². The number of hydrogen-bond acceptors (Lipinski definition) is 3. The molecular formula is C16H18BrFN2O. The Hall–Kier alpha value is -1.75. The third kappa shape index (κ3) is 3.88. The van der Waals surface area contributed by atoms with E-state index in [0.717, 1.165) is 15.7 Å². The molecule has 0 aliphatic carbocycles. The van der Waals surface area contributed by atoms with Crippen molar-refractivity contribution in [3.63, 3.8) is 0 Å². The standard InChI is InChI=1S/C16H18BrFN2O/c1-9(2)21-16-8-15(13(19)7-12(16)18)20-14-6-10(3)4-5-11(14)17/h4-9,20H,19H2,1-3H3. The molecule has 0 saturated carbocycles. The van der Waals surface area contributed by atoms with Gasteiger partial charge in [-0.15, -0.1) is 0 Å². The fraction of sp³-hybridized carbons (Fsp3) is 0.250. The van der Waals surface area contributed by atoms with E-state index in [4.69, 9.17) is 10.5 Å². The molecule has 0 aromatic heterocycles. The van der Waals surface area contributed by atoms with Gasteiger partial charge in [-0.3, -0.25) is 0 Å². The first-order valence-electron chi connectivity index (χ1n) is 6.65. The molecule has 0 atom stereocenters. The molecule has 0 unspecified atom stereocenters. The van der Waals surface area contributed by atoms with Crippen LogP contribution in [0.1, 0.15) is 19.4 Å². The first kappa shape index (κ1) is 15.6. The van der Waals surface area contributed by atoms with Crippen LogP contribution in [0.15, 0.2) is 34.8 Å². The summed E-state index contributed by atoms with van der Waals surface area (Å²) in [5.74, 6) is -0.277. The average molecular weight is 353 g/mol. The van der Waals surface area contributed by atoms with E-state index in [1.807, 2.05) is 39.0 Å². The Morgan fingerprint density at radius 3 is 2.57 bits per heavy atom. The zero-order valence-corrected chi connectivity index (χ0v) is 13.8. The van der Waals surface area contributed by atoms with Gasteiger partial charge in [0.2, 0.25) is 0 Å². The molecule has 5 heteroatoms. The molecule has 2 rings (SSSR count). The number of nitrogen functional groups attached to an aromatic ring is 1. The lowest BCUT2D eigenvalue weighted by Crippen LogP contribution is -2.08. The highest BCUT2D eigenvalue weighted by Crippen LogP contribution is 2.33. The lowest BCUT2D eigenvalue weighted by atomic mass is 10.2. The molecule has 0 saturated heterocycles. The van der Waals surface area contributed by atoms with Crippen LogP contribution in [-0.2, 0) is 0 Å². The summed E-state index contributed by atoms with van der Waals surface area (Å²) >= 11 is 3.48. The minimum absolute atomic E-state index is 0.110. The highest BCUT2D eigenvalue weighted by Gasteiger charge is 2.12. The van der Waals surface area contributed by atoms with E-state index in [-0.39, 0.29) is 11.9 Å². The fourth-order valence-corrected chi connectivity index (χ4v) is 2.25. The number of nitrogens with one attached hydrogen (secondary N) is 1. The quantitative estimate of drug-likeness (QED) is 0.760. The summed E-state index contributed by atoms with van der Waals surface area (Å²) in [6.07, 6.45) is -0.110. The molecule has 0 fully saturated rings. The van der Waals surface area contributed by atoms with E-state index in [1.165, 1.54) is 6.07 Å². The molecule has 2 aromatic rings. The summed E-state index contributed by atoms with van der Waals surface area (Å²) in [5.41, 5.74) is 8.80. The van der Waals surface area contributed by atoms with Crippen molar-refractivity contribution in [3.8, 4) is 5.75 Å². The zero-order chi connectivity index (χ0) is 15.6. The monoisotopic (exact) mass is 352 g/mol. The average Bonchev–Trinajstić information content (AvgIpc) is 2.39. The summed E-state index contributed by atoms with van der Waals surface area (Å²) in [7, 11) is 0. The van der Waals surface area contributed by atoms with Gasteiger partial charge >= 0.3 is 0 Å². The number of nitrogens with two attached hydrogens (primary N) is 1. The minimum atomic E-state index is -0.463. The number of anilines is 3. The van der Waals surface area contributed by atoms with Crippen LogP contribution in [0.25, 0.3) is 0 Å². The predicted molar refractivity (Wildman–Crippen MR) is 88.7 cm³/mol. The van der Waals surface area contributed by atoms with Gasteiger partial charge in [0.1, 0.15) is 0 Å². The summed E-state index contributed by atoms with van der Waals surface area (Å²) in [6, 6.07) is 8.78. The topological polar surface area (TPSA) is 47.3 Å². The maximum Gasteiger partial charge on any atom is 0.167 e. The van der Waals surface area contributed by atoms with Crippen LogP contribution >= 0.6 is 15.9 Å². The molecular weight excluding hydrogens is 335 g/mol. The molecule has 2 aromatic carbocycles. The number of aryl methyl sites for hydroxylation is 1. The zero-order valence-electron chi connectivity index (χ0n) is 12.2. The lowest BCUT2D eigenvalue weighted by Gasteiger charge is -2.16. The van der Waals surface area contributed by atoms with Crippen molar-refractivity contribution in [1.82, 2.24) is 0 Å². The second kappa shape index (κ2) is 6.35. The normalized spacial score (nSPS) is 10.8. The maximum atomic E-state index is 13.8. The van der Waals surface area contributed by atoms with Gasteiger partial charge in [-0.05, 0) is 54.4 Å². The summed E-state index contributed by atoms with van der Waals surface area (Å²) in [6.45, 7) is 5.69. The molecule has 3 N–H and O–H groups in total. The van der Waals surface area contributed by atoms with Crippen LogP contribution in [0.2, 0.25) is 0 Å². The number of benzene rings is 2. The lowest BCUT2D eigenvalue weighted by molar-refractivity contribution is 0.231. The van der Waals surface area contributed by atoms with Gasteiger partial charge in [0, 0.05) is 16.6 Å². The first-order valence-corrected chi connectivity index (χ1v) is 7.45. The van der Waals surface area contributed by atoms with E-state index in [2.05, 4.69) is 21.2 Å². The van der Waals surface area contributed by atoms with E-state index < -0.39 is 5.82 Å². The molecule has 0 radical (unpaired) electrons. The predicted octanol–water partition coefficient (Wildman–Crippen LogP) is 5.01. The second-order valence-electron chi connectivity index (χ2n) is 5.14. The van der Waals surface area contributed by atoms with Crippen molar-refractivity contribution in [2.45, 2.75) is 26.9 Å². The molecule has 3 nitrogen and oxygen atoms in total. The molecule has 0 aliphatic heterocycles. The van der Waals surface area contributed by atoms with E-state index >= 15 is 0 Å². The van der Waals surface area contributed by atoms with Crippen LogP contribution in [-0.4, -0.2) is 6.10 Å². The Morgan fingerprint density at radius 2 is 1.90 bits per heavy atom. The van der Waals surface area contributed by atoms with Crippen LogP contribution in [0, 0.1) is 12.7 Å². The third-order valence-corrected chi connectivity index (χ3v) is 3.55. The molecule has 0 aliphatic rings. The van der Waals surface area contributed by atoms with Crippen molar-refractivity contribution in [2.75, 3.05) is 11.1 Å². The van der Waals surface area contributed by atoms with Gasteiger partial charge in [-0.2, -0.15) is 0 Å². The molecule has 0 amide bonds. The Labute approximate surface area is 132 Å². The van der Waals surface area contributed by atoms with Gasteiger partial charge in [-0.25, -0.2) is 4.39 Å². The smallest absolute Gasteiger partial charge is 0.167 e.